The number of aromatic nitrogens is 1. The lowest BCUT2D eigenvalue weighted by atomic mass is 10.0. The molecule has 1 saturated heterocycles. The van der Waals surface area contributed by atoms with Crippen molar-refractivity contribution in [3.05, 3.63) is 84.4 Å². The molecular weight excluding hydrogens is 550 g/mol. The lowest BCUT2D eigenvalue weighted by molar-refractivity contribution is -0.783. The highest BCUT2D eigenvalue weighted by Gasteiger charge is 2.55. The first-order chi connectivity index (χ1) is 21.3. The van der Waals surface area contributed by atoms with Crippen LogP contribution in [0.4, 0.5) is 16.2 Å². The maximum Gasteiger partial charge on any atom is 0.428 e. The van der Waals surface area contributed by atoms with Crippen molar-refractivity contribution in [2.75, 3.05) is 31.3 Å². The third-order valence-corrected chi connectivity index (χ3v) is 9.57. The average Bonchev–Trinajstić information content (AvgIpc) is 3.78. The second-order valence-electron chi connectivity index (χ2n) is 12.7. The van der Waals surface area contributed by atoms with E-state index < -0.39 is 6.04 Å². The summed E-state index contributed by atoms with van der Waals surface area (Å²) >= 11 is 0. The standard InChI is InChI=1S/C36H41N5O3/c1-24-10-9-21-41(24,35(43)33(40(2)3)26-11-5-4-6-12-26)36(44)38-30-19-20-31-28(22-30)23-32(39-31)25-15-17-29(18-16-25)37-34(42)27-13-7-8-14-27/h4-6,11-12,15-20,22-24,27,33,39H,7-10,13-14,21H2,1-3H3,(H-,37,38,42,44)/p+1/t24-,33-,41?/m1/s1. The molecular formula is C36H42N5O3+. The number of hydrogen-bond donors (Lipinski definition) is 3. The van der Waals surface area contributed by atoms with Gasteiger partial charge < -0.3 is 10.3 Å². The van der Waals surface area contributed by atoms with Crippen LogP contribution in [-0.2, 0) is 9.59 Å². The predicted octanol–water partition coefficient (Wildman–Crippen LogP) is 7.32. The Balaban J connectivity index is 1.21. The maximum absolute atomic E-state index is 14.3. The van der Waals surface area contributed by atoms with Crippen LogP contribution in [0, 0.1) is 5.92 Å². The molecule has 2 aliphatic rings. The zero-order valence-electron chi connectivity index (χ0n) is 25.8. The van der Waals surface area contributed by atoms with Crippen molar-refractivity contribution in [1.82, 2.24) is 9.88 Å². The number of imide groups is 1. The number of rotatable bonds is 7. The fraction of sp³-hybridized carbons (Fsp3) is 0.361. The molecule has 228 valence electrons. The van der Waals surface area contributed by atoms with E-state index in [1.807, 2.05) is 98.7 Å². The van der Waals surface area contributed by atoms with E-state index in [1.165, 1.54) is 0 Å². The number of aromatic amines is 1. The van der Waals surface area contributed by atoms with Crippen LogP contribution in [0.3, 0.4) is 0 Å². The number of amides is 4. The number of nitrogens with one attached hydrogen (secondary N) is 3. The zero-order chi connectivity index (χ0) is 30.8. The molecule has 3 aromatic carbocycles. The summed E-state index contributed by atoms with van der Waals surface area (Å²) < 4.78 is -0.224. The quantitative estimate of drug-likeness (QED) is 0.196. The van der Waals surface area contributed by atoms with Gasteiger partial charge in [0.2, 0.25) is 5.91 Å². The van der Waals surface area contributed by atoms with E-state index in [4.69, 9.17) is 0 Å². The van der Waals surface area contributed by atoms with Gasteiger partial charge in [-0.25, -0.2) is 9.59 Å². The van der Waals surface area contributed by atoms with Crippen LogP contribution in [-0.4, -0.2) is 58.9 Å². The second-order valence-corrected chi connectivity index (χ2v) is 12.7. The fourth-order valence-corrected chi connectivity index (χ4v) is 7.08. The Labute approximate surface area is 259 Å². The number of carbonyl (C=O) groups excluding carboxylic acids is 3. The molecule has 1 aromatic heterocycles. The van der Waals surface area contributed by atoms with E-state index in [1.54, 1.807) is 0 Å². The van der Waals surface area contributed by atoms with Crippen LogP contribution in [0.15, 0.2) is 78.9 Å². The van der Waals surface area contributed by atoms with E-state index >= 15 is 0 Å². The Morgan fingerprint density at radius 3 is 2.20 bits per heavy atom. The Morgan fingerprint density at radius 2 is 1.55 bits per heavy atom. The lowest BCUT2D eigenvalue weighted by Crippen LogP contribution is -2.63. The van der Waals surface area contributed by atoms with Crippen molar-refractivity contribution in [3.63, 3.8) is 0 Å². The van der Waals surface area contributed by atoms with Crippen LogP contribution < -0.4 is 10.6 Å². The molecule has 1 aliphatic carbocycles. The molecule has 4 amide bonds. The Bertz CT molecular complexity index is 1660. The minimum Gasteiger partial charge on any atom is -0.355 e. The summed E-state index contributed by atoms with van der Waals surface area (Å²) in [5, 5.41) is 7.13. The SMILES string of the molecule is C[C@@H]1CCC[N+]1(C(=O)Nc1ccc2[nH]c(-c3ccc(NC(=O)C4CCCC4)cc3)cc2c1)C(=O)[C@@H](c1ccccc1)N(C)C. The molecule has 0 spiro atoms. The number of likely N-dealkylation sites (tertiary alicyclic amines) is 1. The van der Waals surface area contributed by atoms with Gasteiger partial charge in [-0.15, -0.1) is 0 Å². The van der Waals surface area contributed by atoms with E-state index in [2.05, 4.69) is 21.7 Å². The molecule has 8 nitrogen and oxygen atoms in total. The molecule has 1 unspecified atom stereocenters. The average molecular weight is 593 g/mol. The number of hydrogen-bond acceptors (Lipinski definition) is 4. The molecule has 0 radical (unpaired) electrons. The summed E-state index contributed by atoms with van der Waals surface area (Å²) in [5.74, 6) is 0.137. The minimum absolute atomic E-state index is 0.100. The van der Waals surface area contributed by atoms with Crippen LogP contribution in [0.2, 0.25) is 0 Å². The molecule has 2 heterocycles. The third kappa shape index (κ3) is 5.67. The van der Waals surface area contributed by atoms with E-state index in [0.29, 0.717) is 12.2 Å². The number of fused-ring (bicyclic) bond motifs is 1. The molecule has 6 rings (SSSR count). The number of anilines is 2. The third-order valence-electron chi connectivity index (χ3n) is 9.57. The van der Waals surface area contributed by atoms with Crippen LogP contribution in [0.5, 0.6) is 0 Å². The zero-order valence-corrected chi connectivity index (χ0v) is 25.8. The van der Waals surface area contributed by atoms with Gasteiger partial charge in [0.15, 0.2) is 6.04 Å². The van der Waals surface area contributed by atoms with Gasteiger partial charge in [-0.2, -0.15) is 4.48 Å². The summed E-state index contributed by atoms with van der Waals surface area (Å²) in [4.78, 5) is 46.3. The Kier molecular flexibility index (Phi) is 8.38. The van der Waals surface area contributed by atoms with Gasteiger partial charge in [-0.05, 0) is 81.4 Å². The van der Waals surface area contributed by atoms with Gasteiger partial charge in [0.1, 0.15) is 6.04 Å². The van der Waals surface area contributed by atoms with Crippen molar-refractivity contribution in [3.8, 4) is 11.3 Å². The monoisotopic (exact) mass is 592 g/mol. The summed E-state index contributed by atoms with van der Waals surface area (Å²) in [5.41, 5.74) is 5.24. The highest BCUT2D eigenvalue weighted by Crippen LogP contribution is 2.35. The number of quaternary nitrogens is 1. The van der Waals surface area contributed by atoms with Crippen molar-refractivity contribution >= 4 is 40.1 Å². The number of urea groups is 1. The van der Waals surface area contributed by atoms with Gasteiger partial charge in [0.25, 0.3) is 0 Å². The van der Waals surface area contributed by atoms with Crippen LogP contribution in [0.25, 0.3) is 22.2 Å². The first-order valence-corrected chi connectivity index (χ1v) is 15.8. The van der Waals surface area contributed by atoms with Crippen molar-refractivity contribution in [2.45, 2.75) is 57.5 Å². The Hall–Kier alpha value is -4.27. The van der Waals surface area contributed by atoms with Crippen molar-refractivity contribution in [1.29, 1.82) is 0 Å². The van der Waals surface area contributed by atoms with E-state index in [9.17, 15) is 14.4 Å². The summed E-state index contributed by atoms with van der Waals surface area (Å²) in [6, 6.07) is 24.5. The molecule has 0 bridgehead atoms. The van der Waals surface area contributed by atoms with Crippen LogP contribution >= 0.6 is 0 Å². The van der Waals surface area contributed by atoms with Gasteiger partial charge >= 0.3 is 11.9 Å². The van der Waals surface area contributed by atoms with Crippen molar-refractivity contribution in [2.24, 2.45) is 5.92 Å². The summed E-state index contributed by atoms with van der Waals surface area (Å²) in [6.07, 6.45) is 5.84. The number of carbonyl (C=O) groups is 3. The maximum atomic E-state index is 14.3. The minimum atomic E-state index is -0.528. The number of H-pyrrole nitrogens is 1. The summed E-state index contributed by atoms with van der Waals surface area (Å²) in [6.45, 7) is 2.49. The molecule has 1 aliphatic heterocycles. The van der Waals surface area contributed by atoms with Gasteiger partial charge in [-0.3, -0.25) is 15.0 Å². The summed E-state index contributed by atoms with van der Waals surface area (Å²) in [7, 11) is 3.78. The number of likely N-dealkylation sites (N-methyl/N-ethyl adjacent to an activating group) is 1. The van der Waals surface area contributed by atoms with Gasteiger partial charge in [0.05, 0.1) is 6.54 Å². The fourth-order valence-electron chi connectivity index (χ4n) is 7.08. The van der Waals surface area contributed by atoms with Gasteiger partial charge in [0, 0.05) is 46.7 Å². The number of nitrogens with zero attached hydrogens (tertiary/aromatic N) is 2. The van der Waals surface area contributed by atoms with Crippen molar-refractivity contribution < 1.29 is 18.9 Å². The van der Waals surface area contributed by atoms with E-state index in [0.717, 1.165) is 71.9 Å². The molecule has 1 saturated carbocycles. The normalized spacial score (nSPS) is 21.0. The molecule has 44 heavy (non-hydrogen) atoms. The smallest absolute Gasteiger partial charge is 0.355 e. The molecule has 3 atom stereocenters. The molecule has 2 fully saturated rings. The van der Waals surface area contributed by atoms with Crippen LogP contribution in [0.1, 0.15) is 57.1 Å². The van der Waals surface area contributed by atoms with E-state index in [-0.39, 0.29) is 34.3 Å². The second kappa shape index (κ2) is 12.4. The highest BCUT2D eigenvalue weighted by atomic mass is 16.2. The molecule has 3 N–H and O–H groups in total. The highest BCUT2D eigenvalue weighted by molar-refractivity contribution is 5.97. The largest absolute Gasteiger partial charge is 0.428 e. The van der Waals surface area contributed by atoms with Gasteiger partial charge in [-0.1, -0.05) is 55.3 Å². The first kappa shape index (κ1) is 29.8. The molecule has 4 aromatic rings. The lowest BCUT2D eigenvalue weighted by Gasteiger charge is -2.37. The topological polar surface area (TPSA) is 94.3 Å². The molecule has 8 heteroatoms. The Morgan fingerprint density at radius 1 is 0.841 bits per heavy atom. The predicted molar refractivity (Wildman–Crippen MR) is 175 cm³/mol. The first-order valence-electron chi connectivity index (χ1n) is 15.8. The number of benzene rings is 3.